The zero-order chi connectivity index (χ0) is 27.0. The second kappa shape index (κ2) is 9.67. The predicted molar refractivity (Wildman–Crippen MR) is 144 cm³/mol. The van der Waals surface area contributed by atoms with E-state index in [9.17, 15) is 17.6 Å². The number of nitrogens with zero attached hydrogens (tertiary/aromatic N) is 4. The highest BCUT2D eigenvalue weighted by molar-refractivity contribution is 7.92. The maximum atomic E-state index is 13.3. The van der Waals surface area contributed by atoms with Gasteiger partial charge in [0.05, 0.1) is 22.5 Å². The Morgan fingerprint density at radius 1 is 0.895 bits per heavy atom. The molecule has 11 heteroatoms. The molecule has 0 aliphatic rings. The van der Waals surface area contributed by atoms with E-state index in [1.165, 1.54) is 16.7 Å². The summed E-state index contributed by atoms with van der Waals surface area (Å²) in [7, 11) is -2.31. The Morgan fingerprint density at radius 3 is 2.34 bits per heavy atom. The number of fused-ring (bicyclic) bond motifs is 1. The average molecular weight is 531 g/mol. The summed E-state index contributed by atoms with van der Waals surface area (Å²) in [5.74, 6) is -0.265. The van der Waals surface area contributed by atoms with Gasteiger partial charge >= 0.3 is 0 Å². The van der Waals surface area contributed by atoms with Gasteiger partial charge in [-0.3, -0.25) is 14.5 Å². The summed E-state index contributed by atoms with van der Waals surface area (Å²) in [6, 6.07) is 15.1. The van der Waals surface area contributed by atoms with Gasteiger partial charge in [-0.1, -0.05) is 6.07 Å². The molecule has 0 amide bonds. The molecule has 3 aromatic heterocycles. The number of pyridine rings is 2. The Balaban J connectivity index is 1.51. The fourth-order valence-corrected chi connectivity index (χ4v) is 5.01. The first-order chi connectivity index (χ1) is 18.1. The molecule has 5 aromatic rings. The molecule has 192 valence electrons. The van der Waals surface area contributed by atoms with Crippen LogP contribution in [0, 0.1) is 19.7 Å². The fourth-order valence-electron chi connectivity index (χ4n) is 3.96. The summed E-state index contributed by atoms with van der Waals surface area (Å²) in [5.41, 5.74) is 3.81. The van der Waals surface area contributed by atoms with Crippen molar-refractivity contribution in [3.05, 3.63) is 100 Å². The number of benzene rings is 2. The van der Waals surface area contributed by atoms with Crippen LogP contribution in [0.1, 0.15) is 11.3 Å². The van der Waals surface area contributed by atoms with Gasteiger partial charge in [0, 0.05) is 35.6 Å². The quantitative estimate of drug-likeness (QED) is 0.327. The van der Waals surface area contributed by atoms with E-state index in [1.807, 2.05) is 26.0 Å². The molecule has 0 fully saturated rings. The van der Waals surface area contributed by atoms with Crippen LogP contribution in [0.2, 0.25) is 0 Å². The topological polar surface area (TPSA) is 119 Å². The summed E-state index contributed by atoms with van der Waals surface area (Å²) in [6.45, 7) is 3.75. The highest BCUT2D eigenvalue weighted by Crippen LogP contribution is 2.29. The lowest BCUT2D eigenvalue weighted by molar-refractivity contribution is 0.599. The molecule has 0 saturated heterocycles. The van der Waals surface area contributed by atoms with Crippen LogP contribution in [0.4, 0.5) is 21.7 Å². The van der Waals surface area contributed by atoms with Crippen molar-refractivity contribution in [2.24, 2.45) is 7.05 Å². The molecule has 2 aromatic carbocycles. The largest absolute Gasteiger partial charge is 0.323 e. The van der Waals surface area contributed by atoms with Crippen molar-refractivity contribution < 1.29 is 12.8 Å². The van der Waals surface area contributed by atoms with Crippen molar-refractivity contribution in [3.63, 3.8) is 0 Å². The first-order valence-electron chi connectivity index (χ1n) is 11.6. The normalized spacial score (nSPS) is 11.5. The molecule has 0 aliphatic carbocycles. The van der Waals surface area contributed by atoms with E-state index in [0.29, 0.717) is 28.0 Å². The molecule has 0 spiro atoms. The third-order valence-corrected chi connectivity index (χ3v) is 7.43. The van der Waals surface area contributed by atoms with Gasteiger partial charge < -0.3 is 9.88 Å². The molecular formula is C27H23FN6O3S. The number of hydrogen-bond acceptors (Lipinski definition) is 7. The minimum atomic E-state index is -3.94. The van der Waals surface area contributed by atoms with Crippen LogP contribution in [0.25, 0.3) is 22.2 Å². The van der Waals surface area contributed by atoms with E-state index in [0.717, 1.165) is 23.4 Å². The molecule has 2 N–H and O–H groups in total. The third-order valence-electron chi connectivity index (χ3n) is 6.04. The van der Waals surface area contributed by atoms with Gasteiger partial charge in [0.1, 0.15) is 11.3 Å². The lowest BCUT2D eigenvalue weighted by atomic mass is 10.0. The van der Waals surface area contributed by atoms with Gasteiger partial charge in [0.15, 0.2) is 0 Å². The van der Waals surface area contributed by atoms with Crippen LogP contribution in [-0.2, 0) is 17.1 Å². The molecule has 0 aliphatic heterocycles. The number of nitrogens with one attached hydrogen (secondary N) is 2. The maximum Gasteiger partial charge on any atom is 0.277 e. The summed E-state index contributed by atoms with van der Waals surface area (Å²) in [6.07, 6.45) is 3.22. The van der Waals surface area contributed by atoms with Crippen LogP contribution in [0.5, 0.6) is 0 Å². The molecule has 9 nitrogen and oxygen atoms in total. The zero-order valence-corrected chi connectivity index (χ0v) is 21.5. The minimum Gasteiger partial charge on any atom is -0.323 e. The van der Waals surface area contributed by atoms with Crippen LogP contribution in [-0.4, -0.2) is 27.9 Å². The van der Waals surface area contributed by atoms with Gasteiger partial charge in [0.2, 0.25) is 5.95 Å². The van der Waals surface area contributed by atoms with Crippen LogP contribution >= 0.6 is 0 Å². The molecule has 38 heavy (non-hydrogen) atoms. The van der Waals surface area contributed by atoms with Gasteiger partial charge in [-0.15, -0.1) is 0 Å². The van der Waals surface area contributed by atoms with Gasteiger partial charge in [-0.25, -0.2) is 22.8 Å². The number of rotatable bonds is 6. The number of aryl methyl sites for hydroxylation is 2. The van der Waals surface area contributed by atoms with Crippen molar-refractivity contribution in [1.82, 2.24) is 19.5 Å². The smallest absolute Gasteiger partial charge is 0.277 e. The Bertz CT molecular complexity index is 1840. The monoisotopic (exact) mass is 530 g/mol. The van der Waals surface area contributed by atoms with Crippen molar-refractivity contribution in [2.75, 3.05) is 10.0 Å². The SMILES string of the molecule is Cc1ccc(Nc2ncc3cc(-c4cc(NS(=O)(=O)c5ccc(F)cc5)ccc4C)n(C)c(=O)c3n2)cn1. The van der Waals surface area contributed by atoms with Crippen molar-refractivity contribution >= 4 is 38.2 Å². The number of halogens is 1. The van der Waals surface area contributed by atoms with Crippen LogP contribution < -0.4 is 15.6 Å². The first-order valence-corrected chi connectivity index (χ1v) is 13.0. The zero-order valence-electron chi connectivity index (χ0n) is 20.7. The standard InChI is InChI=1S/C27H23FN6O3S/c1-16-4-8-20(33-38(36,37)22-10-6-19(28)7-11-22)13-23(16)24-12-18-14-30-27(32-25(18)26(35)34(24)3)31-21-9-5-17(2)29-15-21/h4-15,33H,1-3H3,(H,30,31,32). The second-order valence-corrected chi connectivity index (χ2v) is 10.5. The van der Waals surface area contributed by atoms with Crippen molar-refractivity contribution in [3.8, 4) is 11.3 Å². The van der Waals surface area contributed by atoms with E-state index < -0.39 is 15.8 Å². The highest BCUT2D eigenvalue weighted by Gasteiger charge is 2.17. The van der Waals surface area contributed by atoms with Gasteiger partial charge in [-0.2, -0.15) is 0 Å². The van der Waals surface area contributed by atoms with Gasteiger partial charge in [-0.05, 0) is 74.0 Å². The first kappa shape index (κ1) is 25.0. The second-order valence-electron chi connectivity index (χ2n) is 8.79. The van der Waals surface area contributed by atoms with Crippen molar-refractivity contribution in [1.29, 1.82) is 0 Å². The van der Waals surface area contributed by atoms with Crippen LogP contribution in [0.3, 0.4) is 0 Å². The molecule has 3 heterocycles. The fraction of sp³-hybridized carbons (Fsp3) is 0.111. The lowest BCUT2D eigenvalue weighted by Gasteiger charge is -2.15. The highest BCUT2D eigenvalue weighted by atomic mass is 32.2. The molecule has 0 atom stereocenters. The molecule has 0 radical (unpaired) electrons. The van der Waals surface area contributed by atoms with E-state index >= 15 is 0 Å². The van der Waals surface area contributed by atoms with E-state index in [-0.39, 0.29) is 21.9 Å². The van der Waals surface area contributed by atoms with E-state index in [2.05, 4.69) is 25.0 Å². The summed E-state index contributed by atoms with van der Waals surface area (Å²) >= 11 is 0. The minimum absolute atomic E-state index is 0.0675. The molecular weight excluding hydrogens is 507 g/mol. The summed E-state index contributed by atoms with van der Waals surface area (Å²) < 4.78 is 42.8. The Kier molecular flexibility index (Phi) is 6.37. The summed E-state index contributed by atoms with van der Waals surface area (Å²) in [4.78, 5) is 26.2. The number of hydrogen-bond donors (Lipinski definition) is 2. The molecule has 0 unspecified atom stereocenters. The number of aromatic nitrogens is 4. The Hall–Kier alpha value is -4.64. The van der Waals surface area contributed by atoms with E-state index in [1.54, 1.807) is 43.7 Å². The summed E-state index contributed by atoms with van der Waals surface area (Å²) in [5, 5.41) is 3.59. The molecule has 0 bridgehead atoms. The van der Waals surface area contributed by atoms with Gasteiger partial charge in [0.25, 0.3) is 15.6 Å². The predicted octanol–water partition coefficient (Wildman–Crippen LogP) is 4.69. The lowest BCUT2D eigenvalue weighted by Crippen LogP contribution is -2.20. The Labute approximate surface area is 218 Å². The average Bonchev–Trinajstić information content (AvgIpc) is 2.89. The van der Waals surface area contributed by atoms with E-state index in [4.69, 9.17) is 0 Å². The molecule has 0 saturated carbocycles. The third kappa shape index (κ3) is 4.96. The maximum absolute atomic E-state index is 13.3. The number of anilines is 3. The van der Waals surface area contributed by atoms with Crippen molar-refractivity contribution in [2.45, 2.75) is 18.7 Å². The molecule has 5 rings (SSSR count). The van der Waals surface area contributed by atoms with Crippen LogP contribution in [0.15, 0.2) is 82.7 Å². The number of sulfonamides is 1. The Morgan fingerprint density at radius 2 is 1.63 bits per heavy atom.